The lowest BCUT2D eigenvalue weighted by atomic mass is 10.1. The number of carbonyl (C=O) groups is 1. The molecule has 0 aromatic carbocycles. The lowest BCUT2D eigenvalue weighted by Gasteiger charge is -2.26. The van der Waals surface area contributed by atoms with Crippen LogP contribution in [-0.2, 0) is 0 Å². The number of fused-ring (bicyclic) bond motifs is 1. The Morgan fingerprint density at radius 2 is 2.10 bits per heavy atom. The maximum atomic E-state index is 12.6. The Kier molecular flexibility index (Phi) is 3.59. The lowest BCUT2D eigenvalue weighted by molar-refractivity contribution is 0.0730. The average molecular weight is 276 g/mol. The maximum absolute atomic E-state index is 12.6. The first-order chi connectivity index (χ1) is 9.58. The summed E-state index contributed by atoms with van der Waals surface area (Å²) in [4.78, 5) is 17.3. The van der Waals surface area contributed by atoms with Crippen LogP contribution in [0.25, 0.3) is 0 Å². The van der Waals surface area contributed by atoms with Crippen LogP contribution in [0.3, 0.4) is 0 Å². The van der Waals surface area contributed by atoms with Crippen molar-refractivity contribution in [3.8, 4) is 0 Å². The van der Waals surface area contributed by atoms with Gasteiger partial charge in [-0.25, -0.2) is 0 Å². The number of hydrogen-bond donors (Lipinski definition) is 0. The van der Waals surface area contributed by atoms with Crippen LogP contribution in [0.4, 0.5) is 0 Å². The largest absolute Gasteiger partial charge is 0.469 e. The summed E-state index contributed by atoms with van der Waals surface area (Å²) >= 11 is 0. The summed E-state index contributed by atoms with van der Waals surface area (Å²) < 4.78 is 5.27. The first kappa shape index (κ1) is 13.7. The fraction of sp³-hybridized carbons (Fsp3) is 0.688. The molecule has 0 bridgehead atoms. The van der Waals surface area contributed by atoms with Gasteiger partial charge in [0, 0.05) is 31.7 Å². The van der Waals surface area contributed by atoms with Gasteiger partial charge < -0.3 is 9.32 Å². The number of furan rings is 1. The predicted molar refractivity (Wildman–Crippen MR) is 77.7 cm³/mol. The van der Waals surface area contributed by atoms with Crippen molar-refractivity contribution in [1.82, 2.24) is 9.80 Å². The van der Waals surface area contributed by atoms with Crippen molar-refractivity contribution in [3.63, 3.8) is 0 Å². The maximum Gasteiger partial charge on any atom is 0.257 e. The Labute approximate surface area is 120 Å². The van der Waals surface area contributed by atoms with Crippen molar-refractivity contribution in [2.24, 2.45) is 5.92 Å². The van der Waals surface area contributed by atoms with Crippen molar-refractivity contribution < 1.29 is 9.21 Å². The minimum absolute atomic E-state index is 0.148. The first-order valence-corrected chi connectivity index (χ1v) is 7.67. The number of likely N-dealkylation sites (tertiary alicyclic amines) is 2. The van der Waals surface area contributed by atoms with Gasteiger partial charge in [-0.05, 0) is 31.7 Å². The number of rotatable bonds is 3. The molecule has 2 saturated heterocycles. The predicted octanol–water partition coefficient (Wildman–Crippen LogP) is 2.53. The van der Waals surface area contributed by atoms with E-state index in [0.29, 0.717) is 18.0 Å². The van der Waals surface area contributed by atoms with E-state index in [1.54, 1.807) is 12.3 Å². The van der Waals surface area contributed by atoms with Gasteiger partial charge in [0.15, 0.2) is 0 Å². The molecule has 1 aromatic heterocycles. The van der Waals surface area contributed by atoms with Crippen LogP contribution >= 0.6 is 0 Å². The van der Waals surface area contributed by atoms with Crippen LogP contribution in [-0.4, -0.2) is 47.4 Å². The molecule has 2 atom stereocenters. The van der Waals surface area contributed by atoms with E-state index in [9.17, 15) is 4.79 Å². The summed E-state index contributed by atoms with van der Waals surface area (Å²) in [6, 6.07) is 2.76. The molecule has 2 aliphatic heterocycles. The van der Waals surface area contributed by atoms with Crippen LogP contribution in [0, 0.1) is 12.8 Å². The topological polar surface area (TPSA) is 36.7 Å². The average Bonchev–Trinajstić information content (AvgIpc) is 3.05. The summed E-state index contributed by atoms with van der Waals surface area (Å²) in [5.74, 6) is 1.57. The molecule has 3 rings (SSSR count). The summed E-state index contributed by atoms with van der Waals surface area (Å²) in [6.45, 7) is 9.55. The van der Waals surface area contributed by atoms with Gasteiger partial charge in [0.2, 0.25) is 0 Å². The van der Waals surface area contributed by atoms with Crippen molar-refractivity contribution >= 4 is 5.91 Å². The van der Waals surface area contributed by atoms with Gasteiger partial charge in [-0.3, -0.25) is 9.69 Å². The lowest BCUT2D eigenvalue weighted by Crippen LogP contribution is -2.40. The highest BCUT2D eigenvalue weighted by Gasteiger charge is 2.44. The third kappa shape index (κ3) is 2.26. The third-order valence-corrected chi connectivity index (χ3v) is 4.64. The zero-order valence-electron chi connectivity index (χ0n) is 12.6. The van der Waals surface area contributed by atoms with Gasteiger partial charge in [-0.2, -0.15) is 0 Å². The molecule has 1 aromatic rings. The number of carbonyl (C=O) groups excluding carboxylic acids is 1. The Morgan fingerprint density at radius 1 is 1.35 bits per heavy atom. The van der Waals surface area contributed by atoms with Crippen LogP contribution < -0.4 is 0 Å². The number of hydrogen-bond acceptors (Lipinski definition) is 3. The normalized spacial score (nSPS) is 26.5. The van der Waals surface area contributed by atoms with E-state index in [0.717, 1.165) is 43.8 Å². The molecular weight excluding hydrogens is 252 g/mol. The molecule has 4 nitrogen and oxygen atoms in total. The quantitative estimate of drug-likeness (QED) is 0.851. The molecule has 1 amide bonds. The monoisotopic (exact) mass is 276 g/mol. The fourth-order valence-corrected chi connectivity index (χ4v) is 3.78. The molecule has 0 spiro atoms. The van der Waals surface area contributed by atoms with E-state index < -0.39 is 0 Å². The summed E-state index contributed by atoms with van der Waals surface area (Å²) in [5, 5.41) is 0. The molecular formula is C16H24N2O2. The van der Waals surface area contributed by atoms with Gasteiger partial charge in [-0.1, -0.05) is 13.8 Å². The van der Waals surface area contributed by atoms with Gasteiger partial charge in [-0.15, -0.1) is 0 Å². The molecule has 0 N–H and O–H groups in total. The zero-order chi connectivity index (χ0) is 14.3. The second kappa shape index (κ2) is 5.24. The van der Waals surface area contributed by atoms with Gasteiger partial charge >= 0.3 is 0 Å². The Morgan fingerprint density at radius 3 is 2.75 bits per heavy atom. The van der Waals surface area contributed by atoms with E-state index in [4.69, 9.17) is 4.42 Å². The molecule has 20 heavy (non-hydrogen) atoms. The molecule has 3 heterocycles. The van der Waals surface area contributed by atoms with Gasteiger partial charge in [0.1, 0.15) is 5.76 Å². The van der Waals surface area contributed by atoms with E-state index in [1.165, 1.54) is 0 Å². The molecule has 0 radical (unpaired) electrons. The van der Waals surface area contributed by atoms with Crippen LogP contribution in [0.15, 0.2) is 16.7 Å². The van der Waals surface area contributed by atoms with Crippen molar-refractivity contribution in [1.29, 1.82) is 0 Å². The minimum Gasteiger partial charge on any atom is -0.469 e. The first-order valence-electron chi connectivity index (χ1n) is 7.67. The molecule has 4 heteroatoms. The van der Waals surface area contributed by atoms with Crippen molar-refractivity contribution in [2.75, 3.05) is 19.6 Å². The van der Waals surface area contributed by atoms with Crippen molar-refractivity contribution in [3.05, 3.63) is 23.7 Å². The molecule has 2 aliphatic rings. The molecule has 2 fully saturated rings. The summed E-state index contributed by atoms with van der Waals surface area (Å²) in [7, 11) is 0. The van der Waals surface area contributed by atoms with Crippen LogP contribution in [0.2, 0.25) is 0 Å². The van der Waals surface area contributed by atoms with Crippen LogP contribution in [0.5, 0.6) is 0 Å². The molecule has 0 aliphatic carbocycles. The number of aryl methyl sites for hydroxylation is 1. The smallest absolute Gasteiger partial charge is 0.257 e. The molecule has 0 unspecified atom stereocenters. The zero-order valence-corrected chi connectivity index (χ0v) is 12.6. The van der Waals surface area contributed by atoms with Gasteiger partial charge in [0.05, 0.1) is 11.8 Å². The minimum atomic E-state index is 0.148. The van der Waals surface area contributed by atoms with E-state index in [-0.39, 0.29) is 5.91 Å². The number of nitrogens with zero attached hydrogens (tertiary/aromatic N) is 2. The highest BCUT2D eigenvalue weighted by Crippen LogP contribution is 2.33. The number of amides is 1. The molecule has 110 valence electrons. The third-order valence-electron chi connectivity index (χ3n) is 4.64. The fourth-order valence-electron chi connectivity index (χ4n) is 3.78. The van der Waals surface area contributed by atoms with Gasteiger partial charge in [0.25, 0.3) is 5.91 Å². The van der Waals surface area contributed by atoms with E-state index in [1.807, 2.05) is 6.92 Å². The highest BCUT2D eigenvalue weighted by atomic mass is 16.3. The Hall–Kier alpha value is -1.29. The standard InChI is InChI=1S/C16H24N2O2/c1-11(2)10-17-7-4-15-14(17)5-8-18(15)16(19)13-6-9-20-12(13)3/h6,9,11,14-15H,4-5,7-8,10H2,1-3H3/t14-,15+/m0/s1. The summed E-state index contributed by atoms with van der Waals surface area (Å²) in [5.41, 5.74) is 0.730. The Balaban J connectivity index is 1.72. The second-order valence-electron chi connectivity index (χ2n) is 6.49. The van der Waals surface area contributed by atoms with E-state index in [2.05, 4.69) is 23.6 Å². The van der Waals surface area contributed by atoms with Crippen LogP contribution in [0.1, 0.15) is 42.8 Å². The van der Waals surface area contributed by atoms with Crippen molar-refractivity contribution in [2.45, 2.75) is 45.7 Å². The van der Waals surface area contributed by atoms with E-state index >= 15 is 0 Å². The highest BCUT2D eigenvalue weighted by molar-refractivity contribution is 5.95. The Bertz CT molecular complexity index is 494. The summed E-state index contributed by atoms with van der Waals surface area (Å²) in [6.07, 6.45) is 3.83. The molecule has 0 saturated carbocycles. The SMILES string of the molecule is Cc1occc1C(=O)N1CC[C@H]2[C@H]1CCN2CC(C)C. The second-order valence-corrected chi connectivity index (χ2v) is 6.49.